The molecule has 1 amide bonds. The van der Waals surface area contributed by atoms with E-state index in [4.69, 9.17) is 21.4 Å². The molecule has 2 aromatic carbocycles. The number of carbonyl (C=O) groups excluding carboxylic acids is 2. The van der Waals surface area contributed by atoms with E-state index in [0.717, 1.165) is 53.6 Å². The second-order valence-corrected chi connectivity index (χ2v) is 10.8. The van der Waals surface area contributed by atoms with Crippen LogP contribution in [0.5, 0.6) is 5.75 Å². The van der Waals surface area contributed by atoms with Crippen LogP contribution in [0.1, 0.15) is 67.6 Å². The summed E-state index contributed by atoms with van der Waals surface area (Å²) in [5, 5.41) is 8.18. The van der Waals surface area contributed by atoms with Crippen LogP contribution in [-0.2, 0) is 11.2 Å². The molecule has 7 heteroatoms. The molecule has 0 saturated heterocycles. The summed E-state index contributed by atoms with van der Waals surface area (Å²) >= 11 is 6.05. The zero-order valence-electron chi connectivity index (χ0n) is 21.3. The van der Waals surface area contributed by atoms with Crippen LogP contribution in [-0.4, -0.2) is 40.3 Å². The van der Waals surface area contributed by atoms with E-state index in [-0.39, 0.29) is 17.9 Å². The van der Waals surface area contributed by atoms with E-state index < -0.39 is 5.41 Å². The fourth-order valence-corrected chi connectivity index (χ4v) is 5.63. The Kier molecular flexibility index (Phi) is 6.41. The summed E-state index contributed by atoms with van der Waals surface area (Å²) in [7, 11) is 1.63. The van der Waals surface area contributed by atoms with Crippen LogP contribution in [0.25, 0.3) is 10.9 Å². The minimum absolute atomic E-state index is 0.0700. The van der Waals surface area contributed by atoms with Crippen LogP contribution >= 0.6 is 11.6 Å². The summed E-state index contributed by atoms with van der Waals surface area (Å²) in [5.74, 6) is 0.658. The molecule has 6 nitrogen and oxygen atoms in total. The fourth-order valence-electron chi connectivity index (χ4n) is 5.50. The monoisotopic (exact) mass is 505 g/mol. The number of nitrogens with zero attached hydrogens (tertiary/aromatic N) is 3. The average molecular weight is 506 g/mol. The van der Waals surface area contributed by atoms with Crippen molar-refractivity contribution in [3.8, 4) is 5.75 Å². The van der Waals surface area contributed by atoms with E-state index in [1.54, 1.807) is 41.0 Å². The lowest BCUT2D eigenvalue weighted by Gasteiger charge is -2.29. The van der Waals surface area contributed by atoms with Crippen molar-refractivity contribution >= 4 is 40.0 Å². The van der Waals surface area contributed by atoms with Crippen molar-refractivity contribution in [2.24, 2.45) is 10.5 Å². The second-order valence-electron chi connectivity index (χ2n) is 10.4. The molecule has 0 bridgehead atoms. The van der Waals surface area contributed by atoms with Gasteiger partial charge in [0.05, 0.1) is 29.8 Å². The van der Waals surface area contributed by atoms with E-state index in [9.17, 15) is 9.59 Å². The zero-order chi connectivity index (χ0) is 25.6. The van der Waals surface area contributed by atoms with E-state index in [1.165, 1.54) is 6.42 Å². The van der Waals surface area contributed by atoms with E-state index in [2.05, 4.69) is 0 Å². The SMILES string of the molecule is COc1ccc2c(c1)c(CC1=NN(C3CCCCC3)C(=O)C1(C)C)c(C)n2C(=O)c1ccc(Cl)cc1. The van der Waals surface area contributed by atoms with Crippen molar-refractivity contribution in [2.45, 2.75) is 65.3 Å². The van der Waals surface area contributed by atoms with Crippen LogP contribution in [0.2, 0.25) is 5.02 Å². The largest absolute Gasteiger partial charge is 0.497 e. The Morgan fingerprint density at radius 3 is 2.47 bits per heavy atom. The topological polar surface area (TPSA) is 63.9 Å². The predicted octanol–water partition coefficient (Wildman–Crippen LogP) is 6.40. The van der Waals surface area contributed by atoms with Crippen LogP contribution in [0, 0.1) is 12.3 Å². The van der Waals surface area contributed by atoms with Crippen molar-refractivity contribution in [3.05, 3.63) is 64.3 Å². The summed E-state index contributed by atoms with van der Waals surface area (Å²) < 4.78 is 7.25. The maximum absolute atomic E-state index is 13.6. The molecule has 1 fully saturated rings. The fraction of sp³-hybridized carbons (Fsp3) is 0.414. The van der Waals surface area contributed by atoms with Gasteiger partial charge in [-0.3, -0.25) is 14.2 Å². The first kappa shape index (κ1) is 24.6. The lowest BCUT2D eigenvalue weighted by atomic mass is 9.83. The number of ether oxygens (including phenoxy) is 1. The predicted molar refractivity (Wildman–Crippen MR) is 143 cm³/mol. The highest BCUT2D eigenvalue weighted by atomic mass is 35.5. The van der Waals surface area contributed by atoms with Gasteiger partial charge in [0.25, 0.3) is 11.8 Å². The number of hydrogen-bond donors (Lipinski definition) is 0. The molecule has 0 N–H and O–H groups in total. The summed E-state index contributed by atoms with van der Waals surface area (Å²) in [6.45, 7) is 5.88. The number of fused-ring (bicyclic) bond motifs is 1. The molecule has 2 aliphatic rings. The summed E-state index contributed by atoms with van der Waals surface area (Å²) in [4.78, 5) is 27.1. The maximum atomic E-state index is 13.6. The lowest BCUT2D eigenvalue weighted by Crippen LogP contribution is -2.41. The van der Waals surface area contributed by atoms with Gasteiger partial charge in [0.15, 0.2) is 0 Å². The summed E-state index contributed by atoms with van der Waals surface area (Å²) in [5.41, 5.74) is 3.31. The molecular weight excluding hydrogens is 474 g/mol. The number of hydrazone groups is 1. The first-order valence-electron chi connectivity index (χ1n) is 12.6. The number of halogens is 1. The van der Waals surface area contributed by atoms with Crippen molar-refractivity contribution in [1.82, 2.24) is 9.58 Å². The van der Waals surface area contributed by atoms with Gasteiger partial charge in [0.2, 0.25) is 0 Å². The molecule has 1 aliphatic heterocycles. The summed E-state index contributed by atoms with van der Waals surface area (Å²) in [6, 6.07) is 12.8. The van der Waals surface area contributed by atoms with Crippen molar-refractivity contribution in [2.75, 3.05) is 7.11 Å². The minimum atomic E-state index is -0.697. The highest BCUT2D eigenvalue weighted by molar-refractivity contribution is 6.30. The number of benzene rings is 2. The number of carbonyl (C=O) groups is 2. The summed E-state index contributed by atoms with van der Waals surface area (Å²) in [6.07, 6.45) is 5.99. The third kappa shape index (κ3) is 4.11. The van der Waals surface area contributed by atoms with E-state index in [1.807, 2.05) is 39.0 Å². The molecule has 188 valence electrons. The normalized spacial score (nSPS) is 18.1. The number of amides is 1. The first-order valence-corrected chi connectivity index (χ1v) is 13.0. The molecule has 1 aromatic heterocycles. The molecule has 0 spiro atoms. The highest BCUT2D eigenvalue weighted by Gasteiger charge is 2.46. The van der Waals surface area contributed by atoms with Gasteiger partial charge in [-0.1, -0.05) is 30.9 Å². The molecule has 0 radical (unpaired) electrons. The van der Waals surface area contributed by atoms with Crippen LogP contribution < -0.4 is 4.74 Å². The van der Waals surface area contributed by atoms with Gasteiger partial charge >= 0.3 is 0 Å². The smallest absolute Gasteiger partial charge is 0.262 e. The Bertz CT molecular complexity index is 1360. The van der Waals surface area contributed by atoms with Gasteiger partial charge in [-0.25, -0.2) is 5.01 Å². The van der Waals surface area contributed by atoms with Crippen molar-refractivity contribution in [1.29, 1.82) is 0 Å². The van der Waals surface area contributed by atoms with Crippen molar-refractivity contribution < 1.29 is 14.3 Å². The molecule has 0 atom stereocenters. The number of methoxy groups -OCH3 is 1. The maximum Gasteiger partial charge on any atom is 0.262 e. The third-order valence-corrected chi connectivity index (χ3v) is 8.05. The molecule has 1 saturated carbocycles. The average Bonchev–Trinajstić information content (AvgIpc) is 3.28. The Morgan fingerprint density at radius 2 is 1.81 bits per heavy atom. The molecule has 5 rings (SSSR count). The van der Waals surface area contributed by atoms with E-state index >= 15 is 0 Å². The first-order chi connectivity index (χ1) is 17.2. The highest BCUT2D eigenvalue weighted by Crippen LogP contribution is 2.38. The van der Waals surface area contributed by atoms with Gasteiger partial charge in [0, 0.05) is 28.1 Å². The molecular formula is C29H32ClN3O3. The van der Waals surface area contributed by atoms with Crippen LogP contribution in [0.15, 0.2) is 47.6 Å². The van der Waals surface area contributed by atoms with Gasteiger partial charge in [-0.15, -0.1) is 0 Å². The lowest BCUT2D eigenvalue weighted by molar-refractivity contribution is -0.137. The van der Waals surface area contributed by atoms with Gasteiger partial charge in [-0.05, 0) is 81.6 Å². The van der Waals surface area contributed by atoms with Gasteiger partial charge in [-0.2, -0.15) is 5.10 Å². The standard InChI is InChI=1S/C29H32ClN3O3/c1-18-23(17-26-29(2,3)28(35)33(31-26)21-8-6-5-7-9-21)24-16-22(36-4)14-15-25(24)32(18)27(34)19-10-12-20(30)13-11-19/h10-16,21H,5-9,17H2,1-4H3. The number of rotatable bonds is 5. The van der Waals surface area contributed by atoms with Gasteiger partial charge in [0.1, 0.15) is 5.75 Å². The number of aromatic nitrogens is 1. The van der Waals surface area contributed by atoms with Crippen LogP contribution in [0.4, 0.5) is 0 Å². The Balaban J connectivity index is 1.60. The van der Waals surface area contributed by atoms with Gasteiger partial charge < -0.3 is 4.74 Å². The molecule has 36 heavy (non-hydrogen) atoms. The van der Waals surface area contributed by atoms with Crippen molar-refractivity contribution in [3.63, 3.8) is 0 Å². The molecule has 2 heterocycles. The zero-order valence-corrected chi connectivity index (χ0v) is 22.1. The third-order valence-electron chi connectivity index (χ3n) is 7.79. The van der Waals surface area contributed by atoms with E-state index in [0.29, 0.717) is 22.8 Å². The van der Waals surface area contributed by atoms with Crippen LogP contribution in [0.3, 0.4) is 0 Å². The molecule has 1 aliphatic carbocycles. The second kappa shape index (κ2) is 9.40. The Labute approximate surface area is 216 Å². The Morgan fingerprint density at radius 1 is 1.11 bits per heavy atom. The minimum Gasteiger partial charge on any atom is -0.497 e. The molecule has 0 unspecified atom stereocenters. The quantitative estimate of drug-likeness (QED) is 0.403. The molecule has 3 aromatic rings. The Hall–Kier alpha value is -3.12. The number of hydrogen-bond acceptors (Lipinski definition) is 4.